The van der Waals surface area contributed by atoms with E-state index in [2.05, 4.69) is 0 Å². The number of carbonyl (C=O) groups is 2. The highest BCUT2D eigenvalue weighted by Gasteiger charge is 2.30. The Morgan fingerprint density at radius 3 is 2.81 bits per heavy atom. The zero-order valence-electron chi connectivity index (χ0n) is 9.68. The summed E-state index contributed by atoms with van der Waals surface area (Å²) in [7, 11) is 1.70. The predicted octanol–water partition coefficient (Wildman–Crippen LogP) is 0.234. The SMILES string of the molecule is CCN(C)C(=O)N1CCOCC1CC(=O)O. The molecule has 0 bridgehead atoms. The maximum Gasteiger partial charge on any atom is 0.320 e. The first-order valence-corrected chi connectivity index (χ1v) is 5.37. The van der Waals surface area contributed by atoms with Gasteiger partial charge >= 0.3 is 12.0 Å². The Balaban J connectivity index is 2.65. The van der Waals surface area contributed by atoms with Crippen LogP contribution >= 0.6 is 0 Å². The van der Waals surface area contributed by atoms with Crippen molar-refractivity contribution in [1.29, 1.82) is 0 Å². The molecule has 1 fully saturated rings. The van der Waals surface area contributed by atoms with Crippen molar-refractivity contribution in [3.63, 3.8) is 0 Å². The highest BCUT2D eigenvalue weighted by molar-refractivity contribution is 5.76. The summed E-state index contributed by atoms with van der Waals surface area (Å²) < 4.78 is 5.20. The first-order chi connectivity index (χ1) is 7.56. The summed E-state index contributed by atoms with van der Waals surface area (Å²) in [6.45, 7) is 3.72. The maximum absolute atomic E-state index is 11.9. The number of carboxylic acid groups (broad SMARTS) is 1. The number of nitrogens with zero attached hydrogens (tertiary/aromatic N) is 2. The van der Waals surface area contributed by atoms with Crippen molar-refractivity contribution in [1.82, 2.24) is 9.80 Å². The van der Waals surface area contributed by atoms with E-state index >= 15 is 0 Å². The second-order valence-electron chi connectivity index (χ2n) is 3.82. The van der Waals surface area contributed by atoms with Crippen molar-refractivity contribution < 1.29 is 19.4 Å². The number of ether oxygens (including phenoxy) is 1. The summed E-state index contributed by atoms with van der Waals surface area (Å²) in [5, 5.41) is 8.75. The van der Waals surface area contributed by atoms with Crippen LogP contribution in [0.1, 0.15) is 13.3 Å². The Morgan fingerprint density at radius 1 is 1.56 bits per heavy atom. The molecule has 1 aliphatic heterocycles. The number of amides is 2. The normalized spacial score (nSPS) is 20.6. The standard InChI is InChI=1S/C10H18N2O4/c1-3-11(2)10(15)12-4-5-16-7-8(12)6-9(13)14/h8H,3-7H2,1-2H3,(H,13,14). The van der Waals surface area contributed by atoms with E-state index < -0.39 is 5.97 Å². The van der Waals surface area contributed by atoms with Crippen LogP contribution in [0.3, 0.4) is 0 Å². The van der Waals surface area contributed by atoms with Gasteiger partial charge in [-0.3, -0.25) is 4.79 Å². The number of hydrogen-bond donors (Lipinski definition) is 1. The first kappa shape index (κ1) is 12.8. The van der Waals surface area contributed by atoms with Gasteiger partial charge in [-0.05, 0) is 6.92 Å². The Kier molecular flexibility index (Phi) is 4.54. The molecule has 1 unspecified atom stereocenters. The summed E-state index contributed by atoms with van der Waals surface area (Å²) in [6, 6.07) is -0.482. The lowest BCUT2D eigenvalue weighted by Crippen LogP contribution is -2.53. The Morgan fingerprint density at radius 2 is 2.25 bits per heavy atom. The topological polar surface area (TPSA) is 70.1 Å². The summed E-state index contributed by atoms with van der Waals surface area (Å²) in [5.41, 5.74) is 0. The monoisotopic (exact) mass is 230 g/mol. The number of urea groups is 1. The van der Waals surface area contributed by atoms with E-state index in [4.69, 9.17) is 9.84 Å². The molecule has 1 atom stereocenters. The molecule has 0 aromatic heterocycles. The minimum atomic E-state index is -0.910. The third-order valence-corrected chi connectivity index (χ3v) is 2.68. The van der Waals surface area contributed by atoms with E-state index in [0.29, 0.717) is 26.3 Å². The second kappa shape index (κ2) is 5.69. The third kappa shape index (κ3) is 3.10. The van der Waals surface area contributed by atoms with Gasteiger partial charge in [-0.1, -0.05) is 0 Å². The predicted molar refractivity (Wildman–Crippen MR) is 57.3 cm³/mol. The van der Waals surface area contributed by atoms with Crippen molar-refractivity contribution in [2.24, 2.45) is 0 Å². The zero-order chi connectivity index (χ0) is 12.1. The molecule has 1 N–H and O–H groups in total. The molecule has 0 saturated carbocycles. The van der Waals surface area contributed by atoms with Crippen LogP contribution in [0.25, 0.3) is 0 Å². The Hall–Kier alpha value is -1.30. The molecule has 6 nitrogen and oxygen atoms in total. The van der Waals surface area contributed by atoms with Crippen LogP contribution in [-0.4, -0.2) is 66.3 Å². The van der Waals surface area contributed by atoms with Gasteiger partial charge in [0, 0.05) is 20.1 Å². The van der Waals surface area contributed by atoms with Gasteiger partial charge in [-0.2, -0.15) is 0 Å². The Labute approximate surface area is 94.8 Å². The van der Waals surface area contributed by atoms with Gasteiger partial charge < -0.3 is 19.6 Å². The zero-order valence-corrected chi connectivity index (χ0v) is 9.68. The molecule has 92 valence electrons. The lowest BCUT2D eigenvalue weighted by molar-refractivity contribution is -0.139. The largest absolute Gasteiger partial charge is 0.481 e. The fraction of sp³-hybridized carbons (Fsp3) is 0.800. The number of rotatable bonds is 3. The third-order valence-electron chi connectivity index (χ3n) is 2.68. The molecule has 0 aromatic rings. The summed E-state index contributed by atoms with van der Waals surface area (Å²) in [5.74, 6) is -0.910. The van der Waals surface area contributed by atoms with Gasteiger partial charge in [0.15, 0.2) is 0 Å². The molecule has 0 aliphatic carbocycles. The van der Waals surface area contributed by atoms with Crippen LogP contribution in [0.4, 0.5) is 4.79 Å². The average Bonchev–Trinajstić information content (AvgIpc) is 2.27. The fourth-order valence-corrected chi connectivity index (χ4v) is 1.63. The minimum Gasteiger partial charge on any atom is -0.481 e. The van der Waals surface area contributed by atoms with Crippen LogP contribution in [0.5, 0.6) is 0 Å². The van der Waals surface area contributed by atoms with Gasteiger partial charge in [-0.25, -0.2) is 4.79 Å². The Bertz CT molecular complexity index is 270. The number of hydrogen-bond acceptors (Lipinski definition) is 3. The minimum absolute atomic E-state index is 0.0662. The van der Waals surface area contributed by atoms with Crippen LogP contribution in [0, 0.1) is 0 Å². The summed E-state index contributed by atoms with van der Waals surface area (Å²) in [4.78, 5) is 25.7. The van der Waals surface area contributed by atoms with Crippen molar-refractivity contribution in [2.45, 2.75) is 19.4 Å². The molecular weight excluding hydrogens is 212 g/mol. The molecule has 1 heterocycles. The second-order valence-corrected chi connectivity index (χ2v) is 3.82. The molecule has 0 spiro atoms. The lowest BCUT2D eigenvalue weighted by atomic mass is 10.1. The van der Waals surface area contributed by atoms with Gasteiger partial charge in [-0.15, -0.1) is 0 Å². The van der Waals surface area contributed by atoms with Gasteiger partial charge in [0.2, 0.25) is 0 Å². The van der Waals surface area contributed by atoms with E-state index in [1.165, 1.54) is 0 Å². The first-order valence-electron chi connectivity index (χ1n) is 5.37. The molecule has 1 rings (SSSR count). The van der Waals surface area contributed by atoms with Gasteiger partial charge in [0.1, 0.15) is 0 Å². The lowest BCUT2D eigenvalue weighted by Gasteiger charge is -2.37. The highest BCUT2D eigenvalue weighted by atomic mass is 16.5. The van der Waals surface area contributed by atoms with Crippen molar-refractivity contribution in [3.05, 3.63) is 0 Å². The molecule has 16 heavy (non-hydrogen) atoms. The van der Waals surface area contributed by atoms with E-state index in [1.54, 1.807) is 16.8 Å². The van der Waals surface area contributed by atoms with Crippen LogP contribution in [0.15, 0.2) is 0 Å². The van der Waals surface area contributed by atoms with Crippen molar-refractivity contribution in [2.75, 3.05) is 33.4 Å². The van der Waals surface area contributed by atoms with E-state index in [-0.39, 0.29) is 18.5 Å². The van der Waals surface area contributed by atoms with Gasteiger partial charge in [0.05, 0.1) is 25.7 Å². The van der Waals surface area contributed by atoms with Crippen LogP contribution < -0.4 is 0 Å². The molecule has 2 amide bonds. The number of aliphatic carboxylic acids is 1. The smallest absolute Gasteiger partial charge is 0.320 e. The van der Waals surface area contributed by atoms with E-state index in [0.717, 1.165) is 0 Å². The summed E-state index contributed by atoms with van der Waals surface area (Å²) in [6.07, 6.45) is -0.0662. The molecular formula is C10H18N2O4. The highest BCUT2D eigenvalue weighted by Crippen LogP contribution is 2.12. The number of carbonyl (C=O) groups excluding carboxylic acids is 1. The molecule has 6 heteroatoms. The van der Waals surface area contributed by atoms with Gasteiger partial charge in [0.25, 0.3) is 0 Å². The van der Waals surface area contributed by atoms with Crippen molar-refractivity contribution in [3.8, 4) is 0 Å². The van der Waals surface area contributed by atoms with Crippen LogP contribution in [0.2, 0.25) is 0 Å². The molecule has 0 radical (unpaired) electrons. The summed E-state index contributed by atoms with van der Waals surface area (Å²) >= 11 is 0. The number of morpholine rings is 1. The van der Waals surface area contributed by atoms with E-state index in [9.17, 15) is 9.59 Å². The molecule has 1 aliphatic rings. The average molecular weight is 230 g/mol. The van der Waals surface area contributed by atoms with Crippen molar-refractivity contribution >= 4 is 12.0 Å². The van der Waals surface area contributed by atoms with Crippen LogP contribution in [-0.2, 0) is 9.53 Å². The number of carboxylic acids is 1. The van der Waals surface area contributed by atoms with E-state index in [1.807, 2.05) is 6.92 Å². The molecule has 0 aromatic carbocycles. The fourth-order valence-electron chi connectivity index (χ4n) is 1.63. The maximum atomic E-state index is 11.9. The molecule has 1 saturated heterocycles. The quantitative estimate of drug-likeness (QED) is 0.753.